The molecule has 73 heavy (non-hydrogen) atoms. The minimum Gasteiger partial charge on any atom is -0.457 e. The van der Waals surface area contributed by atoms with Crippen molar-refractivity contribution in [2.24, 2.45) is 0 Å². The van der Waals surface area contributed by atoms with Gasteiger partial charge in [-0.3, -0.25) is 38.4 Å². The van der Waals surface area contributed by atoms with E-state index in [2.05, 4.69) is 0 Å². The average Bonchev–Trinajstić information content (AvgIpc) is 3.95. The Balaban J connectivity index is 0.884. The zero-order chi connectivity index (χ0) is 52.1. The predicted molar refractivity (Wildman–Crippen MR) is 246 cm³/mol. The van der Waals surface area contributed by atoms with Crippen LogP contribution in [0, 0.1) is 0 Å². The fraction of sp³-hybridized carbons (Fsp3) is 0.0943. The first-order valence-corrected chi connectivity index (χ1v) is 21.7. The van der Waals surface area contributed by atoms with Gasteiger partial charge >= 0.3 is 12.4 Å². The van der Waals surface area contributed by atoms with Crippen LogP contribution in [0.3, 0.4) is 0 Å². The molecule has 4 aliphatic rings. The quantitative estimate of drug-likeness (QED) is 0.0952. The number of carbonyl (C=O) groups is 8. The number of amides is 8. The number of hydrogen-bond acceptors (Lipinski definition) is 10. The van der Waals surface area contributed by atoms with Crippen molar-refractivity contribution in [3.8, 4) is 23.0 Å². The van der Waals surface area contributed by atoms with E-state index in [1.165, 1.54) is 123 Å². The number of anilines is 4. The molecule has 0 radical (unpaired) electrons. The van der Waals surface area contributed by atoms with Crippen LogP contribution in [0.2, 0.25) is 0 Å². The van der Waals surface area contributed by atoms with Crippen LogP contribution >= 0.6 is 0 Å². The second-order valence-corrected chi connectivity index (χ2v) is 16.9. The van der Waals surface area contributed by atoms with Gasteiger partial charge in [0.15, 0.2) is 0 Å². The van der Waals surface area contributed by atoms with Crippen LogP contribution in [0.1, 0.15) is 66.4 Å². The minimum absolute atomic E-state index is 0.106. The molecule has 8 amide bonds. The number of fused-ring (bicyclic) bond motifs is 2. The van der Waals surface area contributed by atoms with Crippen molar-refractivity contribution in [2.45, 2.75) is 31.6 Å². The van der Waals surface area contributed by atoms with Crippen molar-refractivity contribution < 1.29 is 74.2 Å². The van der Waals surface area contributed by atoms with E-state index >= 15 is 26.3 Å². The molecule has 4 aliphatic heterocycles. The number of alkyl halides is 6. The molecule has 4 heterocycles. The van der Waals surface area contributed by atoms with Gasteiger partial charge in [-0.05, 0) is 146 Å². The van der Waals surface area contributed by atoms with Gasteiger partial charge in [0.2, 0.25) is 5.41 Å². The van der Waals surface area contributed by atoms with E-state index in [-0.39, 0.29) is 56.9 Å². The number of ether oxygens (including phenoxy) is 2. The maximum atomic E-state index is 15.5. The van der Waals surface area contributed by atoms with Gasteiger partial charge in [0, 0.05) is 23.3 Å². The number of halogens is 6. The predicted octanol–water partition coefficient (Wildman–Crippen LogP) is 9.92. The third-order valence-electron chi connectivity index (χ3n) is 12.5. The van der Waals surface area contributed by atoms with Crippen molar-refractivity contribution in [1.29, 1.82) is 0 Å². The summed E-state index contributed by atoms with van der Waals surface area (Å²) in [6, 6.07) is 25.1. The summed E-state index contributed by atoms with van der Waals surface area (Å²) in [5, 5.41) is 0. The van der Waals surface area contributed by atoms with Crippen LogP contribution in [0.5, 0.6) is 23.0 Å². The fourth-order valence-corrected chi connectivity index (χ4v) is 8.99. The first-order valence-electron chi connectivity index (χ1n) is 21.7. The fourth-order valence-electron chi connectivity index (χ4n) is 8.99. The number of carbonyl (C=O) groups excluding carboxylic acids is 8. The molecule has 14 nitrogen and oxygen atoms in total. The maximum absolute atomic E-state index is 15.5. The molecule has 0 N–H and O–H groups in total. The lowest BCUT2D eigenvalue weighted by Gasteiger charge is -2.38. The van der Waals surface area contributed by atoms with Crippen LogP contribution < -0.4 is 29.1 Å². The zero-order valence-corrected chi connectivity index (χ0v) is 37.5. The summed E-state index contributed by atoms with van der Waals surface area (Å²) in [5.74, 6) is -5.68. The molecular weight excluding hydrogens is 967 g/mol. The molecule has 0 aliphatic carbocycles. The Morgan fingerprint density at radius 2 is 0.616 bits per heavy atom. The van der Waals surface area contributed by atoms with Gasteiger partial charge < -0.3 is 9.47 Å². The van der Waals surface area contributed by atoms with Crippen molar-refractivity contribution in [1.82, 2.24) is 0 Å². The summed E-state index contributed by atoms with van der Waals surface area (Å²) >= 11 is 0. The van der Waals surface area contributed by atoms with Crippen LogP contribution in [-0.4, -0.2) is 59.6 Å². The molecule has 0 bridgehead atoms. The van der Waals surface area contributed by atoms with E-state index in [9.17, 15) is 38.4 Å². The highest BCUT2D eigenvalue weighted by atomic mass is 19.4. The lowest BCUT2D eigenvalue weighted by molar-refractivity contribution is -0.288. The number of hydrogen-bond donors (Lipinski definition) is 0. The number of benzene rings is 6. The van der Waals surface area contributed by atoms with Crippen LogP contribution in [-0.2, 0) is 24.6 Å². The minimum atomic E-state index is -6.20. The Morgan fingerprint density at radius 3 is 0.877 bits per heavy atom. The molecule has 0 saturated carbocycles. The van der Waals surface area contributed by atoms with E-state index in [1.807, 2.05) is 0 Å². The third kappa shape index (κ3) is 7.52. The SMILES string of the molecule is CC1=CC(=O)N(c2ccc(Oc3ccc(N4C(=O)c5ccc(C(c6ccc7c(c6)C(=O)N(c6ccc(Oc8ccc(N9C(=O)C=C(C)C9=O)cc8)cc6)C7=O)(C(F)(F)F)C(F)(F)F)cc5C4=O)cc3)cc2)C1=O. The molecule has 20 heteroatoms. The Morgan fingerprint density at radius 1 is 0.342 bits per heavy atom. The Bertz CT molecular complexity index is 3280. The largest absolute Gasteiger partial charge is 0.457 e. The van der Waals surface area contributed by atoms with Crippen molar-refractivity contribution in [2.75, 3.05) is 19.6 Å². The summed E-state index contributed by atoms with van der Waals surface area (Å²) in [4.78, 5) is 107. The molecule has 0 aromatic heterocycles. The van der Waals surface area contributed by atoms with E-state index < -0.39 is 98.4 Å². The van der Waals surface area contributed by atoms with Crippen LogP contribution in [0.25, 0.3) is 0 Å². The maximum Gasteiger partial charge on any atom is 0.411 e. The first-order chi connectivity index (χ1) is 34.6. The van der Waals surface area contributed by atoms with Gasteiger partial charge in [0.1, 0.15) is 23.0 Å². The third-order valence-corrected chi connectivity index (χ3v) is 12.5. The van der Waals surface area contributed by atoms with E-state index in [0.29, 0.717) is 46.2 Å². The molecule has 10 rings (SSSR count). The zero-order valence-electron chi connectivity index (χ0n) is 37.5. The lowest BCUT2D eigenvalue weighted by Crippen LogP contribution is -2.55. The second kappa shape index (κ2) is 16.9. The van der Waals surface area contributed by atoms with Crippen molar-refractivity contribution in [3.63, 3.8) is 0 Å². The molecule has 0 unspecified atom stereocenters. The topological polar surface area (TPSA) is 168 Å². The highest BCUT2D eigenvalue weighted by Crippen LogP contribution is 2.57. The smallest absolute Gasteiger partial charge is 0.411 e. The molecule has 6 aromatic carbocycles. The van der Waals surface area contributed by atoms with E-state index in [4.69, 9.17) is 9.47 Å². The average molecular weight is 997 g/mol. The van der Waals surface area contributed by atoms with Crippen molar-refractivity contribution in [3.05, 3.63) is 190 Å². The van der Waals surface area contributed by atoms with Gasteiger partial charge in [-0.2, -0.15) is 26.3 Å². The van der Waals surface area contributed by atoms with Crippen LogP contribution in [0.15, 0.2) is 157 Å². The highest BCUT2D eigenvalue weighted by Gasteiger charge is 2.73. The molecule has 0 fully saturated rings. The molecule has 0 saturated heterocycles. The molecular formula is C53H30F6N4O10. The molecule has 364 valence electrons. The summed E-state index contributed by atoms with van der Waals surface area (Å²) in [5.41, 5.74) is -9.54. The van der Waals surface area contributed by atoms with Gasteiger partial charge in [0.25, 0.3) is 47.3 Å². The number of nitrogens with zero attached hydrogens (tertiary/aromatic N) is 4. The molecule has 0 spiro atoms. The van der Waals surface area contributed by atoms with Gasteiger partial charge in [0.05, 0.1) is 45.0 Å². The Hall–Kier alpha value is -9.46. The normalized spacial score (nSPS) is 15.9. The van der Waals surface area contributed by atoms with Crippen molar-refractivity contribution >= 4 is 70.0 Å². The van der Waals surface area contributed by atoms with E-state index in [0.717, 1.165) is 9.80 Å². The van der Waals surface area contributed by atoms with Crippen LogP contribution in [0.4, 0.5) is 49.1 Å². The Kier molecular flexibility index (Phi) is 10.9. The standard InChI is InChI=1S/C53H30F6N4O10/c1-27-23-43(64)60(45(27)66)31-5-13-35(14-6-31)72-37-17-9-33(10-18-37)62-47(68)39-21-3-29(25-41(39)49(62)70)51(52(54,55)56,53(57,58)59)30-4-22-40-42(26-30)50(71)63(48(40)69)34-11-19-38(20-12-34)73-36-15-7-32(8-16-36)61-44(65)24-28(2)46(61)67/h3-26H,1-2H3. The lowest BCUT2D eigenvalue weighted by atomic mass is 9.71. The van der Waals surface area contributed by atoms with E-state index in [1.54, 1.807) is 0 Å². The first kappa shape index (κ1) is 47.2. The number of imide groups is 4. The van der Waals surface area contributed by atoms with Gasteiger partial charge in [-0.25, -0.2) is 19.6 Å². The molecule has 0 atom stereocenters. The number of rotatable bonds is 10. The molecule has 6 aromatic rings. The van der Waals surface area contributed by atoms with Gasteiger partial charge in [-0.1, -0.05) is 12.1 Å². The summed E-state index contributed by atoms with van der Waals surface area (Å²) in [6.45, 7) is 3.01. The highest BCUT2D eigenvalue weighted by molar-refractivity contribution is 6.36. The summed E-state index contributed by atoms with van der Waals surface area (Å²) in [7, 11) is 0. The monoisotopic (exact) mass is 996 g/mol. The Labute approximate surface area is 407 Å². The summed E-state index contributed by atoms with van der Waals surface area (Å²) in [6.07, 6.45) is -9.99. The second-order valence-electron chi connectivity index (χ2n) is 16.9. The van der Waals surface area contributed by atoms with Gasteiger partial charge in [-0.15, -0.1) is 0 Å². The summed E-state index contributed by atoms with van der Waals surface area (Å²) < 4.78 is 105.